The monoisotopic (exact) mass is 659 g/mol. The Balaban J connectivity index is 3.44. The number of aliphatic hydroxyl groups is 1. The molecule has 0 bridgehead atoms. The van der Waals surface area contributed by atoms with Crippen LogP contribution in [0.25, 0.3) is 0 Å². The van der Waals surface area contributed by atoms with Crippen molar-refractivity contribution in [2.75, 3.05) is 19.8 Å². The SMILES string of the molecule is CCCC/C=C\CCCCCCCC(=O)OC(CO)COCCCCCCCCCCC/C=C\C/C=C\C/C=C\CCCCCCC. The minimum atomic E-state index is -0.540. The van der Waals surface area contributed by atoms with Gasteiger partial charge in [0.15, 0.2) is 0 Å². The van der Waals surface area contributed by atoms with E-state index in [1.54, 1.807) is 0 Å². The number of allylic oxidation sites excluding steroid dienone is 8. The third-order valence-electron chi connectivity index (χ3n) is 8.63. The quantitative estimate of drug-likeness (QED) is 0.0410. The highest BCUT2D eigenvalue weighted by atomic mass is 16.6. The van der Waals surface area contributed by atoms with Gasteiger partial charge < -0.3 is 14.6 Å². The fourth-order valence-corrected chi connectivity index (χ4v) is 5.55. The molecule has 0 radical (unpaired) electrons. The summed E-state index contributed by atoms with van der Waals surface area (Å²) in [5.74, 6) is -0.215. The van der Waals surface area contributed by atoms with Crippen LogP contribution in [0.2, 0.25) is 0 Å². The van der Waals surface area contributed by atoms with Crippen LogP contribution < -0.4 is 0 Å². The Hall–Kier alpha value is -1.65. The van der Waals surface area contributed by atoms with Crippen LogP contribution in [0.15, 0.2) is 48.6 Å². The molecule has 1 atom stereocenters. The largest absolute Gasteiger partial charge is 0.457 e. The summed E-state index contributed by atoms with van der Waals surface area (Å²) >= 11 is 0. The average molecular weight is 659 g/mol. The normalized spacial score (nSPS) is 12.8. The van der Waals surface area contributed by atoms with E-state index in [-0.39, 0.29) is 19.2 Å². The Morgan fingerprint density at radius 3 is 1.43 bits per heavy atom. The van der Waals surface area contributed by atoms with Crippen LogP contribution in [0, 0.1) is 0 Å². The first-order chi connectivity index (χ1) is 23.2. The smallest absolute Gasteiger partial charge is 0.306 e. The molecule has 0 aromatic heterocycles. The molecule has 0 saturated carbocycles. The average Bonchev–Trinajstić information content (AvgIpc) is 3.08. The predicted octanol–water partition coefficient (Wildman–Crippen LogP) is 13.1. The Labute approximate surface area is 292 Å². The summed E-state index contributed by atoms with van der Waals surface area (Å²) in [6.45, 7) is 5.28. The highest BCUT2D eigenvalue weighted by molar-refractivity contribution is 5.69. The summed E-state index contributed by atoms with van der Waals surface area (Å²) < 4.78 is 11.1. The number of rotatable bonds is 37. The number of hydrogen-bond acceptors (Lipinski definition) is 4. The van der Waals surface area contributed by atoms with Gasteiger partial charge in [0, 0.05) is 13.0 Å². The molecule has 4 nitrogen and oxygen atoms in total. The van der Waals surface area contributed by atoms with Gasteiger partial charge in [-0.3, -0.25) is 4.79 Å². The lowest BCUT2D eigenvalue weighted by atomic mass is 10.1. The van der Waals surface area contributed by atoms with Gasteiger partial charge in [0.1, 0.15) is 6.10 Å². The second-order valence-corrected chi connectivity index (χ2v) is 13.3. The van der Waals surface area contributed by atoms with E-state index in [2.05, 4.69) is 62.5 Å². The van der Waals surface area contributed by atoms with Crippen molar-refractivity contribution >= 4 is 5.97 Å². The molecule has 0 saturated heterocycles. The number of aliphatic hydroxyl groups excluding tert-OH is 1. The molecule has 1 unspecified atom stereocenters. The minimum Gasteiger partial charge on any atom is -0.457 e. The third-order valence-corrected chi connectivity index (χ3v) is 8.63. The number of carbonyl (C=O) groups is 1. The molecule has 0 aliphatic heterocycles. The molecule has 0 rings (SSSR count). The van der Waals surface area contributed by atoms with Gasteiger partial charge in [-0.2, -0.15) is 0 Å². The molecule has 0 aromatic carbocycles. The van der Waals surface area contributed by atoms with Crippen molar-refractivity contribution in [3.63, 3.8) is 0 Å². The van der Waals surface area contributed by atoms with Gasteiger partial charge in [0.25, 0.3) is 0 Å². The number of esters is 1. The molecule has 274 valence electrons. The van der Waals surface area contributed by atoms with Crippen molar-refractivity contribution < 1.29 is 19.4 Å². The van der Waals surface area contributed by atoms with E-state index in [0.717, 1.165) is 38.5 Å². The molecule has 0 heterocycles. The van der Waals surface area contributed by atoms with E-state index in [1.807, 2.05) is 0 Å². The maximum Gasteiger partial charge on any atom is 0.306 e. The predicted molar refractivity (Wildman–Crippen MR) is 205 cm³/mol. The molecule has 1 N–H and O–H groups in total. The summed E-state index contributed by atoms with van der Waals surface area (Å²) in [5, 5.41) is 9.56. The minimum absolute atomic E-state index is 0.178. The zero-order valence-corrected chi connectivity index (χ0v) is 31.3. The van der Waals surface area contributed by atoms with Crippen LogP contribution in [0.3, 0.4) is 0 Å². The van der Waals surface area contributed by atoms with Crippen LogP contribution in [-0.4, -0.2) is 37.0 Å². The summed E-state index contributed by atoms with van der Waals surface area (Å²) in [4.78, 5) is 12.1. The molecule has 0 aliphatic carbocycles. The highest BCUT2D eigenvalue weighted by Crippen LogP contribution is 2.12. The van der Waals surface area contributed by atoms with Crippen LogP contribution >= 0.6 is 0 Å². The van der Waals surface area contributed by atoms with Crippen molar-refractivity contribution in [1.82, 2.24) is 0 Å². The molecule has 0 aromatic rings. The summed E-state index contributed by atoms with van der Waals surface area (Å²) in [5.41, 5.74) is 0. The number of hydrogen-bond donors (Lipinski definition) is 1. The molecule has 0 spiro atoms. The lowest BCUT2D eigenvalue weighted by molar-refractivity contribution is -0.154. The van der Waals surface area contributed by atoms with Crippen molar-refractivity contribution in [2.24, 2.45) is 0 Å². The molecule has 0 aliphatic rings. The second-order valence-electron chi connectivity index (χ2n) is 13.3. The maximum absolute atomic E-state index is 12.1. The van der Waals surface area contributed by atoms with E-state index in [4.69, 9.17) is 9.47 Å². The first kappa shape index (κ1) is 45.3. The van der Waals surface area contributed by atoms with Gasteiger partial charge in [-0.25, -0.2) is 0 Å². The van der Waals surface area contributed by atoms with Crippen LogP contribution in [-0.2, 0) is 14.3 Å². The van der Waals surface area contributed by atoms with Gasteiger partial charge in [-0.1, -0.05) is 165 Å². The van der Waals surface area contributed by atoms with Gasteiger partial charge in [0.05, 0.1) is 13.2 Å². The Morgan fingerprint density at radius 1 is 0.511 bits per heavy atom. The standard InChI is InChI=1S/C43H78O4/c1-3-5-7-9-11-13-15-16-17-18-19-20-21-22-23-24-25-26-27-29-31-33-35-37-39-46-41-42(40-44)47-43(45)38-36-34-32-30-28-14-12-10-8-6-4-2/h10,12,15-16,18-19,21-22,42,44H,3-9,11,13-14,17,20,23-41H2,1-2H3/b12-10-,16-15-,19-18-,22-21-. The topological polar surface area (TPSA) is 55.8 Å². The fourth-order valence-electron chi connectivity index (χ4n) is 5.55. The Kier molecular flexibility index (Phi) is 39.1. The lowest BCUT2D eigenvalue weighted by Gasteiger charge is -2.15. The lowest BCUT2D eigenvalue weighted by Crippen LogP contribution is -2.27. The van der Waals surface area contributed by atoms with Crippen molar-refractivity contribution in [3.8, 4) is 0 Å². The molecular weight excluding hydrogens is 580 g/mol. The van der Waals surface area contributed by atoms with Crippen LogP contribution in [0.4, 0.5) is 0 Å². The Morgan fingerprint density at radius 2 is 0.915 bits per heavy atom. The Bertz CT molecular complexity index is 738. The van der Waals surface area contributed by atoms with E-state index in [0.29, 0.717) is 13.0 Å². The number of carbonyl (C=O) groups excluding carboxylic acids is 1. The van der Waals surface area contributed by atoms with Crippen molar-refractivity contribution in [1.29, 1.82) is 0 Å². The fraction of sp³-hybridized carbons (Fsp3) is 0.791. The first-order valence-electron chi connectivity index (χ1n) is 20.2. The van der Waals surface area contributed by atoms with E-state index in [1.165, 1.54) is 135 Å². The summed E-state index contributed by atoms with van der Waals surface area (Å²) in [7, 11) is 0. The molecular formula is C43H78O4. The van der Waals surface area contributed by atoms with Gasteiger partial charge in [0.2, 0.25) is 0 Å². The maximum atomic E-state index is 12.1. The van der Waals surface area contributed by atoms with E-state index in [9.17, 15) is 9.90 Å². The number of unbranched alkanes of at least 4 members (excludes halogenated alkanes) is 21. The van der Waals surface area contributed by atoms with E-state index >= 15 is 0 Å². The number of ether oxygens (including phenoxy) is 2. The molecule has 0 fully saturated rings. The highest BCUT2D eigenvalue weighted by Gasteiger charge is 2.13. The van der Waals surface area contributed by atoms with Crippen molar-refractivity contribution in [2.45, 2.75) is 200 Å². The molecule has 4 heteroatoms. The zero-order chi connectivity index (χ0) is 34.1. The molecule has 47 heavy (non-hydrogen) atoms. The summed E-state index contributed by atoms with van der Waals surface area (Å²) in [6, 6.07) is 0. The van der Waals surface area contributed by atoms with Crippen LogP contribution in [0.5, 0.6) is 0 Å². The third kappa shape index (κ3) is 38.7. The van der Waals surface area contributed by atoms with Gasteiger partial charge >= 0.3 is 5.97 Å². The second kappa shape index (κ2) is 40.5. The first-order valence-corrected chi connectivity index (χ1v) is 20.2. The molecule has 0 amide bonds. The van der Waals surface area contributed by atoms with Gasteiger partial charge in [-0.05, 0) is 70.6 Å². The zero-order valence-electron chi connectivity index (χ0n) is 31.3. The van der Waals surface area contributed by atoms with E-state index < -0.39 is 6.10 Å². The van der Waals surface area contributed by atoms with Gasteiger partial charge in [-0.15, -0.1) is 0 Å². The summed E-state index contributed by atoms with van der Waals surface area (Å²) in [6.07, 6.45) is 51.7. The van der Waals surface area contributed by atoms with Crippen LogP contribution in [0.1, 0.15) is 194 Å². The van der Waals surface area contributed by atoms with Crippen molar-refractivity contribution in [3.05, 3.63) is 48.6 Å².